The van der Waals surface area contributed by atoms with Crippen molar-refractivity contribution in [3.8, 4) is 5.75 Å². The fourth-order valence-corrected chi connectivity index (χ4v) is 2.48. The third kappa shape index (κ3) is 6.76. The van der Waals surface area contributed by atoms with Crippen molar-refractivity contribution in [3.05, 3.63) is 36.9 Å². The van der Waals surface area contributed by atoms with Crippen molar-refractivity contribution in [2.45, 2.75) is 52.1 Å². The van der Waals surface area contributed by atoms with Gasteiger partial charge in [0.05, 0.1) is 6.61 Å². The molecule has 0 heterocycles. The molecule has 0 aliphatic rings. The Morgan fingerprint density at radius 1 is 1.36 bits per heavy atom. The van der Waals surface area contributed by atoms with Gasteiger partial charge in [-0.15, -0.1) is 6.58 Å². The van der Waals surface area contributed by atoms with Crippen LogP contribution in [0.3, 0.4) is 0 Å². The number of amides is 1. The minimum atomic E-state index is -0.0754. The molecule has 0 aromatic heterocycles. The Labute approximate surface area is 133 Å². The van der Waals surface area contributed by atoms with Crippen molar-refractivity contribution >= 4 is 11.6 Å². The second-order valence-corrected chi connectivity index (χ2v) is 6.16. The third-order valence-corrected chi connectivity index (χ3v) is 3.33. The highest BCUT2D eigenvalue weighted by Gasteiger charge is 2.23. The lowest BCUT2D eigenvalue weighted by Gasteiger charge is -2.32. The molecule has 0 aliphatic carbocycles. The number of nitrogens with one attached hydrogen (secondary N) is 2. The highest BCUT2D eigenvalue weighted by atomic mass is 16.5. The summed E-state index contributed by atoms with van der Waals surface area (Å²) in [6, 6.07) is 7.83. The molecule has 0 spiro atoms. The van der Waals surface area contributed by atoms with E-state index < -0.39 is 0 Å². The molecular formula is C18H28N2O2. The van der Waals surface area contributed by atoms with Crippen molar-refractivity contribution in [1.29, 1.82) is 0 Å². The molecule has 4 nitrogen and oxygen atoms in total. The van der Waals surface area contributed by atoms with E-state index in [1.54, 1.807) is 0 Å². The number of rotatable bonds is 9. The molecule has 1 amide bonds. The molecule has 0 saturated heterocycles. The van der Waals surface area contributed by atoms with Crippen molar-refractivity contribution in [2.24, 2.45) is 0 Å². The maximum absolute atomic E-state index is 11.0. The molecular weight excluding hydrogens is 276 g/mol. The van der Waals surface area contributed by atoms with Crippen molar-refractivity contribution in [3.63, 3.8) is 0 Å². The molecule has 4 heteroatoms. The molecule has 1 rings (SSSR count). The number of hydrogen-bond acceptors (Lipinski definition) is 3. The molecule has 0 bridgehead atoms. The lowest BCUT2D eigenvalue weighted by atomic mass is 9.93. The smallest absolute Gasteiger partial charge is 0.221 e. The Morgan fingerprint density at radius 3 is 2.50 bits per heavy atom. The predicted molar refractivity (Wildman–Crippen MR) is 92.3 cm³/mol. The van der Waals surface area contributed by atoms with Crippen LogP contribution in [0.4, 0.5) is 5.69 Å². The summed E-state index contributed by atoms with van der Waals surface area (Å²) in [6.07, 6.45) is 3.73. The standard InChI is InChI=1S/C18H28N2O2/c1-6-11-18(5,20-14(2)3)12-13-22-17-9-7-16(8-10-17)19-15(4)21/h6-10,14,20H,1,11-13H2,2-5H3,(H,19,21). The van der Waals surface area contributed by atoms with Gasteiger partial charge in [-0.2, -0.15) is 0 Å². The van der Waals surface area contributed by atoms with Crippen LogP contribution in [0, 0.1) is 0 Å². The first kappa shape index (κ1) is 18.2. The Balaban J connectivity index is 2.50. The summed E-state index contributed by atoms with van der Waals surface area (Å²) in [5, 5.41) is 6.31. The van der Waals surface area contributed by atoms with E-state index in [2.05, 4.69) is 38.0 Å². The monoisotopic (exact) mass is 304 g/mol. The first-order chi connectivity index (χ1) is 10.3. The van der Waals surface area contributed by atoms with Gasteiger partial charge in [-0.05, 0) is 44.0 Å². The number of anilines is 1. The van der Waals surface area contributed by atoms with E-state index in [0.29, 0.717) is 12.6 Å². The Bertz CT molecular complexity index is 482. The largest absolute Gasteiger partial charge is 0.494 e. The molecule has 22 heavy (non-hydrogen) atoms. The minimum Gasteiger partial charge on any atom is -0.494 e. The van der Waals surface area contributed by atoms with E-state index in [9.17, 15) is 4.79 Å². The van der Waals surface area contributed by atoms with Crippen LogP contribution in [-0.4, -0.2) is 24.1 Å². The van der Waals surface area contributed by atoms with Crippen LogP contribution in [0.1, 0.15) is 40.5 Å². The second-order valence-electron chi connectivity index (χ2n) is 6.16. The van der Waals surface area contributed by atoms with Gasteiger partial charge in [-0.3, -0.25) is 4.79 Å². The van der Waals surface area contributed by atoms with E-state index in [4.69, 9.17) is 4.74 Å². The zero-order valence-electron chi connectivity index (χ0n) is 14.1. The fraction of sp³-hybridized carbons (Fsp3) is 0.500. The van der Waals surface area contributed by atoms with E-state index >= 15 is 0 Å². The molecule has 0 saturated carbocycles. The van der Waals surface area contributed by atoms with Crippen LogP contribution in [-0.2, 0) is 4.79 Å². The normalized spacial score (nSPS) is 13.5. The first-order valence-corrected chi connectivity index (χ1v) is 7.74. The van der Waals surface area contributed by atoms with Crippen LogP contribution < -0.4 is 15.4 Å². The predicted octanol–water partition coefficient (Wildman–Crippen LogP) is 3.75. The number of carbonyl (C=O) groups excluding carboxylic acids is 1. The van der Waals surface area contributed by atoms with E-state index in [-0.39, 0.29) is 11.4 Å². The summed E-state index contributed by atoms with van der Waals surface area (Å²) in [5.74, 6) is 0.730. The summed E-state index contributed by atoms with van der Waals surface area (Å²) in [5.41, 5.74) is 0.768. The number of ether oxygens (including phenoxy) is 1. The summed E-state index contributed by atoms with van der Waals surface area (Å²) in [6.45, 7) is 12.4. The molecule has 122 valence electrons. The minimum absolute atomic E-state index is 0.00789. The van der Waals surface area contributed by atoms with Crippen LogP contribution in [0.25, 0.3) is 0 Å². The number of carbonyl (C=O) groups is 1. The Kier molecular flexibility index (Phi) is 7.12. The van der Waals surface area contributed by atoms with E-state index in [1.165, 1.54) is 6.92 Å². The molecule has 0 radical (unpaired) electrons. The van der Waals surface area contributed by atoms with E-state index in [1.807, 2.05) is 30.3 Å². The molecule has 1 aromatic rings. The maximum Gasteiger partial charge on any atom is 0.221 e. The van der Waals surface area contributed by atoms with E-state index in [0.717, 1.165) is 24.3 Å². The Morgan fingerprint density at radius 2 is 2.00 bits per heavy atom. The Hall–Kier alpha value is -1.81. The zero-order chi connectivity index (χ0) is 16.6. The highest BCUT2D eigenvalue weighted by molar-refractivity contribution is 5.88. The summed E-state index contributed by atoms with van der Waals surface area (Å²) < 4.78 is 5.80. The van der Waals surface area contributed by atoms with Crippen LogP contribution in [0.2, 0.25) is 0 Å². The maximum atomic E-state index is 11.0. The van der Waals surface area contributed by atoms with Gasteiger partial charge < -0.3 is 15.4 Å². The summed E-state index contributed by atoms with van der Waals surface area (Å²) in [7, 11) is 0. The van der Waals surface area contributed by atoms with Gasteiger partial charge in [-0.1, -0.05) is 19.9 Å². The zero-order valence-corrected chi connectivity index (χ0v) is 14.1. The number of benzene rings is 1. The average Bonchev–Trinajstić information content (AvgIpc) is 2.39. The van der Waals surface area contributed by atoms with Gasteiger partial charge in [0, 0.05) is 24.2 Å². The lowest BCUT2D eigenvalue weighted by Crippen LogP contribution is -2.46. The molecule has 1 atom stereocenters. The third-order valence-electron chi connectivity index (χ3n) is 3.33. The molecule has 1 aromatic carbocycles. The quantitative estimate of drug-likeness (QED) is 0.683. The van der Waals surface area contributed by atoms with Gasteiger partial charge in [-0.25, -0.2) is 0 Å². The second kappa shape index (κ2) is 8.59. The molecule has 1 unspecified atom stereocenters. The lowest BCUT2D eigenvalue weighted by molar-refractivity contribution is -0.114. The van der Waals surface area contributed by atoms with Gasteiger partial charge in [0.1, 0.15) is 5.75 Å². The van der Waals surface area contributed by atoms with Gasteiger partial charge in [0.2, 0.25) is 5.91 Å². The van der Waals surface area contributed by atoms with Crippen LogP contribution in [0.5, 0.6) is 5.75 Å². The van der Waals surface area contributed by atoms with Crippen molar-refractivity contribution in [1.82, 2.24) is 5.32 Å². The molecule has 0 fully saturated rings. The first-order valence-electron chi connectivity index (χ1n) is 7.74. The fourth-order valence-electron chi connectivity index (χ4n) is 2.48. The van der Waals surface area contributed by atoms with Crippen LogP contribution in [0.15, 0.2) is 36.9 Å². The molecule has 2 N–H and O–H groups in total. The van der Waals surface area contributed by atoms with Crippen LogP contribution >= 0.6 is 0 Å². The van der Waals surface area contributed by atoms with Gasteiger partial charge in [0.15, 0.2) is 0 Å². The van der Waals surface area contributed by atoms with Crippen molar-refractivity contribution in [2.75, 3.05) is 11.9 Å². The van der Waals surface area contributed by atoms with Gasteiger partial charge >= 0.3 is 0 Å². The van der Waals surface area contributed by atoms with Gasteiger partial charge in [0.25, 0.3) is 0 Å². The average molecular weight is 304 g/mol. The topological polar surface area (TPSA) is 50.4 Å². The number of hydrogen-bond donors (Lipinski definition) is 2. The highest BCUT2D eigenvalue weighted by Crippen LogP contribution is 2.19. The molecule has 0 aliphatic heterocycles. The summed E-state index contributed by atoms with van der Waals surface area (Å²) >= 11 is 0. The summed E-state index contributed by atoms with van der Waals surface area (Å²) in [4.78, 5) is 11.0. The van der Waals surface area contributed by atoms with Crippen molar-refractivity contribution < 1.29 is 9.53 Å². The SMILES string of the molecule is C=CCC(C)(CCOc1ccc(NC(C)=O)cc1)NC(C)C.